The summed E-state index contributed by atoms with van der Waals surface area (Å²) in [5, 5.41) is 12.6. The monoisotopic (exact) mass is 727 g/mol. The smallest absolute Gasteiger partial charge is 0.337 e. The van der Waals surface area contributed by atoms with Crippen LogP contribution in [0.1, 0.15) is 36.6 Å². The van der Waals surface area contributed by atoms with Crippen LogP contribution >= 0.6 is 38.9 Å². The van der Waals surface area contributed by atoms with Crippen LogP contribution in [0.4, 0.5) is 5.69 Å². The van der Waals surface area contributed by atoms with E-state index < -0.39 is 22.5 Å². The summed E-state index contributed by atoms with van der Waals surface area (Å²) in [6.45, 7) is 4.57. The summed E-state index contributed by atoms with van der Waals surface area (Å²) in [6, 6.07) is 14.2. The lowest BCUT2D eigenvalue weighted by atomic mass is 9.97. The summed E-state index contributed by atoms with van der Waals surface area (Å²) >= 11 is 10.4. The van der Waals surface area contributed by atoms with Gasteiger partial charge in [0.05, 0.1) is 45.9 Å². The molecule has 11 nitrogen and oxygen atoms in total. The van der Waals surface area contributed by atoms with E-state index in [1.54, 1.807) is 48.5 Å². The molecular weight excluding hydrogens is 702 g/mol. The number of carbonyl (C=O) groups excluding carboxylic acids is 1. The van der Waals surface area contributed by atoms with E-state index in [0.29, 0.717) is 50.1 Å². The van der Waals surface area contributed by atoms with E-state index in [9.17, 15) is 19.7 Å². The second kappa shape index (κ2) is 14.3. The molecule has 46 heavy (non-hydrogen) atoms. The van der Waals surface area contributed by atoms with Crippen LogP contribution in [-0.2, 0) is 16.1 Å². The number of benzene rings is 3. The summed E-state index contributed by atoms with van der Waals surface area (Å²) in [7, 11) is 1.25. The highest BCUT2D eigenvalue weighted by molar-refractivity contribution is 9.10. The van der Waals surface area contributed by atoms with Crippen LogP contribution in [-0.4, -0.2) is 35.8 Å². The average Bonchev–Trinajstić information content (AvgIpc) is 3.35. The van der Waals surface area contributed by atoms with Crippen LogP contribution in [0.15, 0.2) is 80.6 Å². The van der Waals surface area contributed by atoms with Crippen molar-refractivity contribution in [3.05, 3.63) is 122 Å². The number of ether oxygens (including phenoxy) is 4. The van der Waals surface area contributed by atoms with Crippen molar-refractivity contribution in [2.24, 2.45) is 4.99 Å². The molecule has 0 bridgehead atoms. The molecule has 0 saturated heterocycles. The Morgan fingerprint density at radius 1 is 1.09 bits per heavy atom. The molecule has 14 heteroatoms. The molecule has 1 aliphatic rings. The quantitative estimate of drug-likeness (QED) is 0.109. The van der Waals surface area contributed by atoms with E-state index in [1.807, 2.05) is 13.8 Å². The van der Waals surface area contributed by atoms with Crippen LogP contribution in [0.5, 0.6) is 17.2 Å². The zero-order chi connectivity index (χ0) is 33.0. The maximum Gasteiger partial charge on any atom is 0.337 e. The molecule has 0 saturated carbocycles. The first-order valence-corrected chi connectivity index (χ1v) is 16.0. The predicted octanol–water partition coefficient (Wildman–Crippen LogP) is 5.72. The molecule has 0 amide bonds. The highest BCUT2D eigenvalue weighted by Crippen LogP contribution is 2.38. The van der Waals surface area contributed by atoms with Crippen molar-refractivity contribution in [2.45, 2.75) is 26.5 Å². The number of methoxy groups -OCH3 is 1. The van der Waals surface area contributed by atoms with Gasteiger partial charge in [-0.15, -0.1) is 0 Å². The minimum absolute atomic E-state index is 0.0434. The van der Waals surface area contributed by atoms with Crippen LogP contribution in [0.25, 0.3) is 6.08 Å². The molecule has 0 aliphatic carbocycles. The second-order valence-corrected chi connectivity index (χ2v) is 12.1. The maximum atomic E-state index is 14.0. The van der Waals surface area contributed by atoms with Gasteiger partial charge in [0.15, 0.2) is 16.3 Å². The third kappa shape index (κ3) is 6.86. The second-order valence-electron chi connectivity index (χ2n) is 9.77. The fourth-order valence-electron chi connectivity index (χ4n) is 4.84. The average molecular weight is 729 g/mol. The van der Waals surface area contributed by atoms with Crippen molar-refractivity contribution in [1.82, 2.24) is 4.57 Å². The van der Waals surface area contributed by atoms with E-state index in [2.05, 4.69) is 20.9 Å². The Labute approximate surface area is 280 Å². The number of nitro groups is 1. The molecule has 238 valence electrons. The fourth-order valence-corrected chi connectivity index (χ4v) is 6.51. The van der Waals surface area contributed by atoms with E-state index >= 15 is 0 Å². The van der Waals surface area contributed by atoms with E-state index in [0.717, 1.165) is 16.9 Å². The summed E-state index contributed by atoms with van der Waals surface area (Å²) in [5.74, 6) is 0.378. The number of nitrogens with zero attached hydrogens (tertiary/aromatic N) is 3. The molecule has 0 radical (unpaired) electrons. The van der Waals surface area contributed by atoms with Crippen LogP contribution in [0.2, 0.25) is 5.02 Å². The maximum absolute atomic E-state index is 14.0. The standard InChI is InChI=1S/C32H27BrClN3O8S/c1-4-43-25-11-8-20(15-26(25)44-5-2)28-22(31(39)42-3)16-35-32-36(28)30(38)27(46-32)14-19-12-23(33)29(24(13-19)37(40)41)45-17-18-6-9-21(34)10-7-18/h6-16,28H,4-5,17H2,1-3H3/b27-14+/t28-/m1/s1. The summed E-state index contributed by atoms with van der Waals surface area (Å²) in [6.07, 6.45) is 2.92. The molecule has 2 heterocycles. The topological polar surface area (TPSA) is 131 Å². The van der Waals surface area contributed by atoms with Gasteiger partial charge in [0.2, 0.25) is 5.75 Å². The first-order valence-electron chi connectivity index (χ1n) is 14.0. The Morgan fingerprint density at radius 3 is 2.48 bits per heavy atom. The van der Waals surface area contributed by atoms with Gasteiger partial charge in [-0.05, 0) is 82.9 Å². The van der Waals surface area contributed by atoms with Gasteiger partial charge >= 0.3 is 11.7 Å². The van der Waals surface area contributed by atoms with Crippen molar-refractivity contribution >= 4 is 56.6 Å². The highest BCUT2D eigenvalue weighted by Gasteiger charge is 2.31. The highest BCUT2D eigenvalue weighted by atomic mass is 79.9. The van der Waals surface area contributed by atoms with Gasteiger partial charge in [-0.1, -0.05) is 41.1 Å². The zero-order valence-corrected chi connectivity index (χ0v) is 28.0. The molecule has 3 aromatic carbocycles. The zero-order valence-electron chi connectivity index (χ0n) is 24.8. The Bertz CT molecular complexity index is 2020. The van der Waals surface area contributed by atoms with E-state index in [1.165, 1.54) is 30.0 Å². The largest absolute Gasteiger partial charge is 0.490 e. The predicted molar refractivity (Wildman–Crippen MR) is 177 cm³/mol. The summed E-state index contributed by atoms with van der Waals surface area (Å²) in [5.41, 5.74) is 1.15. The normalized spacial score (nSPS) is 14.2. The Kier molecular flexibility index (Phi) is 10.2. The number of hydrogen-bond donors (Lipinski definition) is 0. The third-order valence-corrected chi connectivity index (χ3v) is 8.68. The van der Waals surface area contributed by atoms with Gasteiger partial charge in [0.25, 0.3) is 5.56 Å². The van der Waals surface area contributed by atoms with Gasteiger partial charge in [0.1, 0.15) is 6.61 Å². The van der Waals surface area contributed by atoms with Crippen molar-refractivity contribution in [1.29, 1.82) is 0 Å². The SMILES string of the molecule is CCOc1ccc([C@@H]2C(C(=O)OC)=CN=c3s/c(=C/c4cc(Br)c(OCc5ccc(Cl)cc5)c([N+](=O)[O-])c4)c(=O)n32)cc1OCC. The number of aromatic nitrogens is 1. The lowest BCUT2D eigenvalue weighted by molar-refractivity contribution is -0.386. The van der Waals surface area contributed by atoms with Crippen molar-refractivity contribution < 1.29 is 28.7 Å². The number of esters is 1. The number of fused-ring (bicyclic) bond motifs is 1. The number of carbonyl (C=O) groups is 1. The molecule has 1 aromatic heterocycles. The number of rotatable bonds is 11. The van der Waals surface area contributed by atoms with Crippen molar-refractivity contribution in [2.75, 3.05) is 20.3 Å². The van der Waals surface area contributed by atoms with Crippen LogP contribution in [0, 0.1) is 10.1 Å². The van der Waals surface area contributed by atoms with Gasteiger partial charge in [0, 0.05) is 17.3 Å². The molecule has 1 atom stereocenters. The molecule has 0 fully saturated rings. The van der Waals surface area contributed by atoms with Gasteiger partial charge in [-0.2, -0.15) is 0 Å². The van der Waals surface area contributed by atoms with Gasteiger partial charge in [-0.25, -0.2) is 9.79 Å². The Balaban J connectivity index is 1.58. The lowest BCUT2D eigenvalue weighted by Gasteiger charge is -2.23. The lowest BCUT2D eigenvalue weighted by Crippen LogP contribution is -2.39. The molecule has 0 unspecified atom stereocenters. The molecule has 0 N–H and O–H groups in total. The van der Waals surface area contributed by atoms with Crippen molar-refractivity contribution in [3.63, 3.8) is 0 Å². The molecule has 4 aromatic rings. The molecule has 5 rings (SSSR count). The fraction of sp³-hybridized carbons (Fsp3) is 0.219. The van der Waals surface area contributed by atoms with E-state index in [-0.39, 0.29) is 28.1 Å². The Hall–Kier alpha value is -4.46. The number of thiazole rings is 1. The first-order chi connectivity index (χ1) is 22.1. The minimum atomic E-state index is -0.884. The van der Waals surface area contributed by atoms with Gasteiger partial charge in [-0.3, -0.25) is 19.5 Å². The van der Waals surface area contributed by atoms with E-state index in [4.69, 9.17) is 30.5 Å². The number of halogens is 2. The summed E-state index contributed by atoms with van der Waals surface area (Å²) < 4.78 is 24.3. The van der Waals surface area contributed by atoms with Crippen LogP contribution < -0.4 is 29.1 Å². The first kappa shape index (κ1) is 32.9. The third-order valence-electron chi connectivity index (χ3n) is 6.85. The molecule has 1 aliphatic heterocycles. The van der Waals surface area contributed by atoms with Crippen LogP contribution in [0.3, 0.4) is 0 Å². The number of hydrogen-bond acceptors (Lipinski definition) is 10. The molecule has 0 spiro atoms. The number of nitro benzene ring substituents is 1. The van der Waals surface area contributed by atoms with Gasteiger partial charge < -0.3 is 18.9 Å². The molecular formula is C32H27BrClN3O8S. The minimum Gasteiger partial charge on any atom is -0.490 e. The van der Waals surface area contributed by atoms with Crippen molar-refractivity contribution in [3.8, 4) is 17.2 Å². The summed E-state index contributed by atoms with van der Waals surface area (Å²) in [4.78, 5) is 43.0. The Morgan fingerprint density at radius 2 is 1.80 bits per heavy atom.